The van der Waals surface area contributed by atoms with Crippen molar-refractivity contribution in [2.24, 2.45) is 5.92 Å². The van der Waals surface area contributed by atoms with Crippen molar-refractivity contribution in [1.29, 1.82) is 0 Å². The van der Waals surface area contributed by atoms with Crippen LogP contribution in [0.4, 0.5) is 5.13 Å². The average Bonchev–Trinajstić information content (AvgIpc) is 3.26. The van der Waals surface area contributed by atoms with Gasteiger partial charge in [0.15, 0.2) is 16.6 Å². The van der Waals surface area contributed by atoms with Crippen LogP contribution in [-0.2, 0) is 9.59 Å². The maximum Gasteiger partial charge on any atom is 0.232 e. The number of aromatic nitrogens is 1. The summed E-state index contributed by atoms with van der Waals surface area (Å²) in [5, 5.41) is 3.44. The highest BCUT2D eigenvalue weighted by Gasteiger charge is 2.44. The maximum absolute atomic E-state index is 13.2. The molecule has 3 aromatic rings. The van der Waals surface area contributed by atoms with E-state index in [9.17, 15) is 9.59 Å². The van der Waals surface area contributed by atoms with Crippen molar-refractivity contribution < 1.29 is 19.1 Å². The Morgan fingerprint density at radius 2 is 2.03 bits per heavy atom. The molecule has 0 aliphatic carbocycles. The second-order valence-corrected chi connectivity index (χ2v) is 8.35. The number of anilines is 1. The van der Waals surface area contributed by atoms with Gasteiger partial charge in [0.05, 0.1) is 36.4 Å². The molecule has 1 aliphatic rings. The predicted octanol–water partition coefficient (Wildman–Crippen LogP) is 3.78. The van der Waals surface area contributed by atoms with E-state index >= 15 is 0 Å². The average molecular weight is 426 g/mol. The third kappa shape index (κ3) is 3.47. The largest absolute Gasteiger partial charge is 0.493 e. The van der Waals surface area contributed by atoms with E-state index in [1.54, 1.807) is 32.2 Å². The molecule has 0 saturated carbocycles. The molecule has 30 heavy (non-hydrogen) atoms. The minimum Gasteiger partial charge on any atom is -0.493 e. The molecule has 1 saturated heterocycles. The third-order valence-corrected chi connectivity index (χ3v) is 6.38. The van der Waals surface area contributed by atoms with Gasteiger partial charge in [0.2, 0.25) is 11.8 Å². The van der Waals surface area contributed by atoms with Crippen LogP contribution in [0.1, 0.15) is 23.6 Å². The van der Waals surface area contributed by atoms with Gasteiger partial charge in [0.1, 0.15) is 0 Å². The lowest BCUT2D eigenvalue weighted by molar-refractivity contribution is -0.128. The maximum atomic E-state index is 13.2. The van der Waals surface area contributed by atoms with Crippen molar-refractivity contribution in [3.05, 3.63) is 47.5 Å². The quantitative estimate of drug-likeness (QED) is 0.673. The number of hydrogen-bond donors (Lipinski definition) is 1. The zero-order valence-corrected chi connectivity index (χ0v) is 18.1. The fourth-order valence-electron chi connectivity index (χ4n) is 3.96. The molecule has 1 aromatic heterocycles. The monoisotopic (exact) mass is 425 g/mol. The summed E-state index contributed by atoms with van der Waals surface area (Å²) < 4.78 is 12.0. The van der Waals surface area contributed by atoms with Gasteiger partial charge in [-0.05, 0) is 30.7 Å². The Labute approximate surface area is 178 Å². The van der Waals surface area contributed by atoms with Crippen LogP contribution in [0.3, 0.4) is 0 Å². The molecule has 1 fully saturated rings. The number of amides is 2. The molecule has 2 atom stereocenters. The van der Waals surface area contributed by atoms with Crippen LogP contribution in [0.15, 0.2) is 36.4 Å². The number of ether oxygens (including phenoxy) is 2. The summed E-state index contributed by atoms with van der Waals surface area (Å²) in [5.74, 6) is 0.184. The van der Waals surface area contributed by atoms with Crippen LogP contribution < -0.4 is 14.8 Å². The van der Waals surface area contributed by atoms with E-state index in [4.69, 9.17) is 9.47 Å². The van der Waals surface area contributed by atoms with Crippen molar-refractivity contribution >= 4 is 38.5 Å². The lowest BCUT2D eigenvalue weighted by Crippen LogP contribution is -2.30. The van der Waals surface area contributed by atoms with Crippen molar-refractivity contribution in [3.63, 3.8) is 0 Å². The normalized spacial score (nSPS) is 18.7. The van der Waals surface area contributed by atoms with E-state index in [0.29, 0.717) is 16.6 Å². The number of thiazole rings is 1. The first-order valence-corrected chi connectivity index (χ1v) is 10.4. The molecular formula is C22H23N3O4S. The van der Waals surface area contributed by atoms with E-state index in [1.165, 1.54) is 11.3 Å². The number of hydrogen-bond acceptors (Lipinski definition) is 6. The van der Waals surface area contributed by atoms with Gasteiger partial charge in [-0.25, -0.2) is 4.98 Å². The summed E-state index contributed by atoms with van der Waals surface area (Å²) in [6.45, 7) is 2.02. The molecule has 0 unspecified atom stereocenters. The van der Waals surface area contributed by atoms with Crippen molar-refractivity contribution in [3.8, 4) is 11.5 Å². The zero-order valence-electron chi connectivity index (χ0n) is 17.3. The molecule has 0 radical (unpaired) electrons. The number of nitrogens with one attached hydrogen (secondary N) is 1. The summed E-state index contributed by atoms with van der Waals surface area (Å²) >= 11 is 1.42. The number of nitrogens with zero attached hydrogens (tertiary/aromatic N) is 2. The van der Waals surface area contributed by atoms with Gasteiger partial charge in [0.25, 0.3) is 0 Å². The highest BCUT2D eigenvalue weighted by molar-refractivity contribution is 7.22. The lowest BCUT2D eigenvalue weighted by Gasteiger charge is -2.26. The van der Waals surface area contributed by atoms with Gasteiger partial charge in [-0.3, -0.25) is 9.59 Å². The van der Waals surface area contributed by atoms with Gasteiger partial charge >= 0.3 is 0 Å². The fourth-order valence-corrected chi connectivity index (χ4v) is 4.93. The Morgan fingerprint density at radius 1 is 1.23 bits per heavy atom. The molecule has 4 rings (SSSR count). The van der Waals surface area contributed by atoms with Crippen LogP contribution in [0.2, 0.25) is 0 Å². The Morgan fingerprint density at radius 3 is 2.77 bits per heavy atom. The van der Waals surface area contributed by atoms with Crippen molar-refractivity contribution in [2.75, 3.05) is 26.6 Å². The van der Waals surface area contributed by atoms with Crippen molar-refractivity contribution in [1.82, 2.24) is 9.88 Å². The Bertz CT molecular complexity index is 1130. The molecule has 1 N–H and O–H groups in total. The molecule has 2 heterocycles. The minimum absolute atomic E-state index is 0.0926. The van der Waals surface area contributed by atoms with Crippen LogP contribution >= 0.6 is 11.3 Å². The van der Waals surface area contributed by atoms with Gasteiger partial charge in [0, 0.05) is 19.0 Å². The number of aryl methyl sites for hydroxylation is 1. The standard InChI is InChI=1S/C22H23N3O4S/c1-12-8-9-15-17(10-12)30-22(23-15)24-21(27)14-11-18(26)25(2)19(14)13-6-5-7-16(28-3)20(13)29-4/h5-10,14,19H,11H2,1-4H3,(H,23,24,27)/t14-,19-/m0/s1. The van der Waals surface area contributed by atoms with Crippen LogP contribution in [0.25, 0.3) is 10.2 Å². The zero-order chi connectivity index (χ0) is 21.4. The summed E-state index contributed by atoms with van der Waals surface area (Å²) in [6.07, 6.45) is 0.122. The Hall–Kier alpha value is -3.13. The van der Waals surface area contributed by atoms with Gasteiger partial charge in [-0.2, -0.15) is 0 Å². The number of benzene rings is 2. The molecule has 7 nitrogen and oxygen atoms in total. The number of carbonyl (C=O) groups is 2. The number of methoxy groups -OCH3 is 2. The molecule has 0 bridgehead atoms. The summed E-state index contributed by atoms with van der Waals surface area (Å²) in [4.78, 5) is 31.8. The molecule has 0 spiro atoms. The van der Waals surface area contributed by atoms with Gasteiger partial charge < -0.3 is 19.7 Å². The first kappa shape index (κ1) is 20.2. The Balaban J connectivity index is 1.66. The molecule has 2 aromatic carbocycles. The second-order valence-electron chi connectivity index (χ2n) is 7.32. The molecule has 2 amide bonds. The SMILES string of the molecule is COc1cccc([C@H]2[C@@H](C(=O)Nc3nc4ccc(C)cc4s3)CC(=O)N2C)c1OC. The number of para-hydroxylation sites is 1. The number of carbonyl (C=O) groups excluding carboxylic acids is 2. The third-order valence-electron chi connectivity index (χ3n) is 5.45. The highest BCUT2D eigenvalue weighted by Crippen LogP contribution is 2.44. The number of rotatable bonds is 5. The summed E-state index contributed by atoms with van der Waals surface area (Å²) in [5.41, 5.74) is 2.72. The molecule has 1 aliphatic heterocycles. The van der Waals surface area contributed by atoms with Crippen LogP contribution in [0.5, 0.6) is 11.5 Å². The van der Waals surface area contributed by atoms with E-state index in [-0.39, 0.29) is 18.2 Å². The number of fused-ring (bicyclic) bond motifs is 1. The predicted molar refractivity (Wildman–Crippen MR) is 116 cm³/mol. The van der Waals surface area contributed by atoms with E-state index < -0.39 is 12.0 Å². The van der Waals surface area contributed by atoms with Crippen LogP contribution in [0, 0.1) is 12.8 Å². The number of likely N-dealkylation sites (tertiary alicyclic amines) is 1. The van der Waals surface area contributed by atoms with Gasteiger partial charge in [-0.15, -0.1) is 0 Å². The summed E-state index contributed by atoms with van der Waals surface area (Å²) in [6, 6.07) is 11.0. The summed E-state index contributed by atoms with van der Waals surface area (Å²) in [7, 11) is 4.82. The molecular weight excluding hydrogens is 402 g/mol. The highest BCUT2D eigenvalue weighted by atomic mass is 32.1. The van der Waals surface area contributed by atoms with E-state index in [2.05, 4.69) is 10.3 Å². The second kappa shape index (κ2) is 7.95. The first-order chi connectivity index (χ1) is 14.4. The minimum atomic E-state index is -0.572. The molecule has 8 heteroatoms. The topological polar surface area (TPSA) is 80.8 Å². The lowest BCUT2D eigenvalue weighted by atomic mass is 9.92. The van der Waals surface area contributed by atoms with Gasteiger partial charge in [-0.1, -0.05) is 29.5 Å². The smallest absolute Gasteiger partial charge is 0.232 e. The molecule has 156 valence electrons. The van der Waals surface area contributed by atoms with Crippen LogP contribution in [-0.4, -0.2) is 43.0 Å². The fraction of sp³-hybridized carbons (Fsp3) is 0.318. The van der Waals surface area contributed by atoms with Crippen molar-refractivity contribution in [2.45, 2.75) is 19.4 Å². The Kier molecular flexibility index (Phi) is 5.34. The first-order valence-electron chi connectivity index (χ1n) is 9.57. The van der Waals surface area contributed by atoms with E-state index in [1.807, 2.05) is 37.3 Å². The van der Waals surface area contributed by atoms with E-state index in [0.717, 1.165) is 21.3 Å².